The summed E-state index contributed by atoms with van der Waals surface area (Å²) in [5.74, 6) is 1.01. The number of benzene rings is 2. The van der Waals surface area contributed by atoms with Crippen LogP contribution in [0, 0.1) is 12.7 Å². The molecule has 2 aromatic carbocycles. The van der Waals surface area contributed by atoms with Crippen LogP contribution in [0.2, 0.25) is 0 Å². The quantitative estimate of drug-likeness (QED) is 0.931. The topological polar surface area (TPSA) is 44.5 Å². The standard InChI is InChI=1S/C16H18FNO2/c1-10-6-12(17)4-5-13(10)14-8-16(20-3)15(19-2)7-11(14)9-18/h4-8H,9,18H2,1-3H3. The van der Waals surface area contributed by atoms with E-state index < -0.39 is 0 Å². The van der Waals surface area contributed by atoms with Gasteiger partial charge in [-0.2, -0.15) is 0 Å². The van der Waals surface area contributed by atoms with E-state index in [0.717, 1.165) is 22.3 Å². The number of aryl methyl sites for hydroxylation is 1. The summed E-state index contributed by atoms with van der Waals surface area (Å²) in [4.78, 5) is 0. The second-order valence-corrected chi connectivity index (χ2v) is 4.53. The van der Waals surface area contributed by atoms with Gasteiger partial charge in [0.05, 0.1) is 14.2 Å². The average molecular weight is 275 g/mol. The summed E-state index contributed by atoms with van der Waals surface area (Å²) in [6, 6.07) is 8.44. The van der Waals surface area contributed by atoms with E-state index >= 15 is 0 Å². The number of rotatable bonds is 4. The van der Waals surface area contributed by atoms with E-state index in [1.165, 1.54) is 12.1 Å². The van der Waals surface area contributed by atoms with E-state index in [9.17, 15) is 4.39 Å². The van der Waals surface area contributed by atoms with E-state index in [1.807, 2.05) is 19.1 Å². The van der Waals surface area contributed by atoms with Crippen molar-refractivity contribution in [1.29, 1.82) is 0 Å². The Balaban J connectivity index is 2.65. The fourth-order valence-electron chi connectivity index (χ4n) is 2.27. The highest BCUT2D eigenvalue weighted by molar-refractivity contribution is 5.73. The Hall–Kier alpha value is -2.07. The lowest BCUT2D eigenvalue weighted by Crippen LogP contribution is -2.02. The van der Waals surface area contributed by atoms with Crippen LogP contribution in [0.4, 0.5) is 4.39 Å². The Morgan fingerprint density at radius 2 is 1.65 bits per heavy atom. The largest absolute Gasteiger partial charge is 0.493 e. The summed E-state index contributed by atoms with van der Waals surface area (Å²) in [6.45, 7) is 2.24. The lowest BCUT2D eigenvalue weighted by atomic mass is 9.95. The SMILES string of the molecule is COc1cc(CN)c(-c2ccc(F)cc2C)cc1OC. The number of hydrogen-bond donors (Lipinski definition) is 1. The molecule has 3 nitrogen and oxygen atoms in total. The van der Waals surface area contributed by atoms with Gasteiger partial charge in [-0.1, -0.05) is 6.07 Å². The van der Waals surface area contributed by atoms with Gasteiger partial charge >= 0.3 is 0 Å². The van der Waals surface area contributed by atoms with Crippen LogP contribution < -0.4 is 15.2 Å². The third-order valence-electron chi connectivity index (χ3n) is 3.31. The molecular formula is C16H18FNO2. The number of ether oxygens (including phenoxy) is 2. The molecule has 2 rings (SSSR count). The van der Waals surface area contributed by atoms with Crippen molar-refractivity contribution in [2.75, 3.05) is 14.2 Å². The van der Waals surface area contributed by atoms with Crippen molar-refractivity contribution in [3.05, 3.63) is 47.3 Å². The zero-order valence-electron chi connectivity index (χ0n) is 11.9. The Morgan fingerprint density at radius 3 is 2.20 bits per heavy atom. The summed E-state index contributed by atoms with van der Waals surface area (Å²) < 4.78 is 23.8. The molecule has 0 bridgehead atoms. The molecule has 0 atom stereocenters. The van der Waals surface area contributed by atoms with Gasteiger partial charge in [0.15, 0.2) is 11.5 Å². The first-order valence-electron chi connectivity index (χ1n) is 6.32. The molecule has 20 heavy (non-hydrogen) atoms. The molecule has 0 spiro atoms. The summed E-state index contributed by atoms with van der Waals surface area (Å²) in [6.07, 6.45) is 0. The maximum absolute atomic E-state index is 13.2. The summed E-state index contributed by atoms with van der Waals surface area (Å²) in [5.41, 5.74) is 9.47. The molecule has 0 aliphatic heterocycles. The molecule has 106 valence electrons. The van der Waals surface area contributed by atoms with Crippen LogP contribution in [-0.2, 0) is 6.54 Å². The van der Waals surface area contributed by atoms with E-state index in [-0.39, 0.29) is 5.82 Å². The lowest BCUT2D eigenvalue weighted by molar-refractivity contribution is 0.354. The van der Waals surface area contributed by atoms with Gasteiger partial charge in [-0.25, -0.2) is 4.39 Å². The van der Waals surface area contributed by atoms with Crippen molar-refractivity contribution < 1.29 is 13.9 Å². The predicted octanol–water partition coefficient (Wildman–Crippen LogP) is 3.28. The minimum Gasteiger partial charge on any atom is -0.493 e. The molecule has 0 aliphatic carbocycles. The third kappa shape index (κ3) is 2.60. The zero-order chi connectivity index (χ0) is 14.7. The smallest absolute Gasteiger partial charge is 0.161 e. The van der Waals surface area contributed by atoms with Gasteiger partial charge in [0.1, 0.15) is 5.82 Å². The van der Waals surface area contributed by atoms with E-state index in [2.05, 4.69) is 0 Å². The van der Waals surface area contributed by atoms with Crippen LogP contribution in [0.15, 0.2) is 30.3 Å². The normalized spacial score (nSPS) is 10.4. The average Bonchev–Trinajstić information content (AvgIpc) is 2.46. The van der Waals surface area contributed by atoms with Crippen LogP contribution >= 0.6 is 0 Å². The minimum absolute atomic E-state index is 0.249. The van der Waals surface area contributed by atoms with Crippen LogP contribution in [0.25, 0.3) is 11.1 Å². The van der Waals surface area contributed by atoms with Gasteiger partial charge in [-0.3, -0.25) is 0 Å². The van der Waals surface area contributed by atoms with Crippen molar-refractivity contribution in [3.63, 3.8) is 0 Å². The fraction of sp³-hybridized carbons (Fsp3) is 0.250. The van der Waals surface area contributed by atoms with Gasteiger partial charge in [-0.05, 0) is 53.4 Å². The highest BCUT2D eigenvalue weighted by atomic mass is 19.1. The van der Waals surface area contributed by atoms with Crippen molar-refractivity contribution in [2.45, 2.75) is 13.5 Å². The van der Waals surface area contributed by atoms with E-state index in [4.69, 9.17) is 15.2 Å². The van der Waals surface area contributed by atoms with Crippen molar-refractivity contribution in [1.82, 2.24) is 0 Å². The molecule has 4 heteroatoms. The van der Waals surface area contributed by atoms with Crippen molar-refractivity contribution in [3.8, 4) is 22.6 Å². The molecular weight excluding hydrogens is 257 g/mol. The Labute approximate surface area is 118 Å². The summed E-state index contributed by atoms with van der Waals surface area (Å²) in [7, 11) is 3.17. The number of hydrogen-bond acceptors (Lipinski definition) is 3. The van der Waals surface area contributed by atoms with Crippen LogP contribution in [0.1, 0.15) is 11.1 Å². The van der Waals surface area contributed by atoms with Gasteiger partial charge in [-0.15, -0.1) is 0 Å². The number of nitrogens with two attached hydrogens (primary N) is 1. The molecule has 0 saturated heterocycles. The van der Waals surface area contributed by atoms with Crippen LogP contribution in [0.3, 0.4) is 0 Å². The van der Waals surface area contributed by atoms with E-state index in [0.29, 0.717) is 18.0 Å². The van der Waals surface area contributed by atoms with Crippen LogP contribution in [0.5, 0.6) is 11.5 Å². The highest BCUT2D eigenvalue weighted by Crippen LogP contribution is 2.36. The molecule has 0 fully saturated rings. The summed E-state index contributed by atoms with van der Waals surface area (Å²) >= 11 is 0. The number of methoxy groups -OCH3 is 2. The second kappa shape index (κ2) is 5.92. The molecule has 0 aliphatic rings. The Bertz CT molecular complexity index is 626. The van der Waals surface area contributed by atoms with E-state index in [1.54, 1.807) is 20.3 Å². The van der Waals surface area contributed by atoms with Crippen LogP contribution in [-0.4, -0.2) is 14.2 Å². The van der Waals surface area contributed by atoms with Gasteiger partial charge in [0, 0.05) is 6.54 Å². The van der Waals surface area contributed by atoms with Crippen molar-refractivity contribution in [2.24, 2.45) is 5.73 Å². The van der Waals surface area contributed by atoms with Gasteiger partial charge in [0.25, 0.3) is 0 Å². The first-order chi connectivity index (χ1) is 9.60. The highest BCUT2D eigenvalue weighted by Gasteiger charge is 2.13. The summed E-state index contributed by atoms with van der Waals surface area (Å²) in [5, 5.41) is 0. The molecule has 0 unspecified atom stereocenters. The maximum Gasteiger partial charge on any atom is 0.161 e. The number of halogens is 1. The Kier molecular flexibility index (Phi) is 4.25. The second-order valence-electron chi connectivity index (χ2n) is 4.53. The first kappa shape index (κ1) is 14.3. The molecule has 0 amide bonds. The molecule has 2 N–H and O–H groups in total. The predicted molar refractivity (Wildman–Crippen MR) is 77.6 cm³/mol. The monoisotopic (exact) mass is 275 g/mol. The Morgan fingerprint density at radius 1 is 1.00 bits per heavy atom. The molecule has 0 saturated carbocycles. The van der Waals surface area contributed by atoms with Gasteiger partial charge < -0.3 is 15.2 Å². The zero-order valence-corrected chi connectivity index (χ0v) is 11.9. The molecule has 0 heterocycles. The lowest BCUT2D eigenvalue weighted by Gasteiger charge is -2.15. The molecule has 0 aromatic heterocycles. The molecule has 2 aromatic rings. The first-order valence-corrected chi connectivity index (χ1v) is 6.32. The van der Waals surface area contributed by atoms with Crippen molar-refractivity contribution >= 4 is 0 Å². The molecule has 0 radical (unpaired) electrons. The minimum atomic E-state index is -0.249. The van der Waals surface area contributed by atoms with Gasteiger partial charge in [0.2, 0.25) is 0 Å². The maximum atomic E-state index is 13.2. The fourth-order valence-corrected chi connectivity index (χ4v) is 2.27. The third-order valence-corrected chi connectivity index (χ3v) is 3.31.